The second kappa shape index (κ2) is 3.35. The quantitative estimate of drug-likeness (QED) is 0.716. The van der Waals surface area contributed by atoms with E-state index >= 15 is 0 Å². The summed E-state index contributed by atoms with van der Waals surface area (Å²) in [4.78, 5) is 3.04. The summed E-state index contributed by atoms with van der Waals surface area (Å²) >= 11 is 0. The summed E-state index contributed by atoms with van der Waals surface area (Å²) in [5.74, 6) is 0. The van der Waals surface area contributed by atoms with Gasteiger partial charge in [0.25, 0.3) is 0 Å². The third-order valence-electron chi connectivity index (χ3n) is 2.10. The number of hydrogen-bond donors (Lipinski definition) is 2. The van der Waals surface area contributed by atoms with E-state index in [4.69, 9.17) is 0 Å². The van der Waals surface area contributed by atoms with Gasteiger partial charge in [0.1, 0.15) is 0 Å². The lowest BCUT2D eigenvalue weighted by atomic mass is 10.1. The fourth-order valence-corrected chi connectivity index (χ4v) is 1.33. The lowest BCUT2D eigenvalue weighted by Crippen LogP contribution is -1.86. The third kappa shape index (κ3) is 1.56. The maximum Gasteiger partial charge on any atom is 0.0337 e. The molecule has 0 saturated carbocycles. The molecule has 0 spiro atoms. The molecule has 1 aromatic carbocycles. The Morgan fingerprint density at radius 2 is 1.77 bits per heavy atom. The molecule has 1 aromatic heterocycles. The van der Waals surface area contributed by atoms with Crippen molar-refractivity contribution in [3.05, 3.63) is 42.7 Å². The zero-order chi connectivity index (χ0) is 9.10. The molecule has 0 radical (unpaired) electrons. The molecule has 0 saturated heterocycles. The fraction of sp³-hybridized carbons (Fsp3) is 0.0909. The van der Waals surface area contributed by atoms with Gasteiger partial charge < -0.3 is 10.3 Å². The van der Waals surface area contributed by atoms with Gasteiger partial charge in [0, 0.05) is 25.1 Å². The largest absolute Gasteiger partial charge is 0.388 e. The van der Waals surface area contributed by atoms with Crippen LogP contribution in [-0.2, 0) is 0 Å². The van der Waals surface area contributed by atoms with E-state index in [0.717, 1.165) is 5.69 Å². The Bertz CT molecular complexity index is 359. The van der Waals surface area contributed by atoms with Crippen molar-refractivity contribution in [2.24, 2.45) is 0 Å². The fourth-order valence-electron chi connectivity index (χ4n) is 1.33. The van der Waals surface area contributed by atoms with Crippen LogP contribution in [0.4, 0.5) is 5.69 Å². The van der Waals surface area contributed by atoms with Crippen molar-refractivity contribution in [2.75, 3.05) is 12.4 Å². The number of benzene rings is 1. The summed E-state index contributed by atoms with van der Waals surface area (Å²) in [6, 6.07) is 10.4. The number of aromatic amines is 1. The first-order valence-electron chi connectivity index (χ1n) is 4.31. The summed E-state index contributed by atoms with van der Waals surface area (Å²) < 4.78 is 0. The topological polar surface area (TPSA) is 27.8 Å². The molecule has 66 valence electrons. The van der Waals surface area contributed by atoms with E-state index in [9.17, 15) is 0 Å². The zero-order valence-electron chi connectivity index (χ0n) is 7.54. The predicted octanol–water partition coefficient (Wildman–Crippen LogP) is 2.72. The van der Waals surface area contributed by atoms with Crippen molar-refractivity contribution in [2.45, 2.75) is 0 Å². The molecule has 0 aliphatic heterocycles. The molecule has 0 unspecified atom stereocenters. The zero-order valence-corrected chi connectivity index (χ0v) is 7.54. The monoisotopic (exact) mass is 172 g/mol. The van der Waals surface area contributed by atoms with Gasteiger partial charge in [0.2, 0.25) is 0 Å². The minimum absolute atomic E-state index is 1.14. The van der Waals surface area contributed by atoms with Gasteiger partial charge in [-0.25, -0.2) is 0 Å². The van der Waals surface area contributed by atoms with Crippen molar-refractivity contribution in [3.8, 4) is 11.1 Å². The van der Waals surface area contributed by atoms with Crippen LogP contribution in [0, 0.1) is 0 Å². The van der Waals surface area contributed by atoms with E-state index in [1.54, 1.807) is 0 Å². The molecule has 0 bridgehead atoms. The Morgan fingerprint density at radius 1 is 1.00 bits per heavy atom. The summed E-state index contributed by atoms with van der Waals surface area (Å²) in [5, 5.41) is 3.09. The van der Waals surface area contributed by atoms with Gasteiger partial charge in [0.05, 0.1) is 0 Å². The van der Waals surface area contributed by atoms with E-state index in [1.165, 1.54) is 11.1 Å². The highest BCUT2D eigenvalue weighted by atomic mass is 14.8. The molecular weight excluding hydrogens is 160 g/mol. The van der Waals surface area contributed by atoms with E-state index in [2.05, 4.69) is 40.6 Å². The van der Waals surface area contributed by atoms with Crippen molar-refractivity contribution < 1.29 is 0 Å². The average molecular weight is 172 g/mol. The Morgan fingerprint density at radius 3 is 2.31 bits per heavy atom. The van der Waals surface area contributed by atoms with Gasteiger partial charge in [-0.2, -0.15) is 0 Å². The number of anilines is 1. The SMILES string of the molecule is CNc1ccc(-c2cc[nH]c2)cc1. The lowest BCUT2D eigenvalue weighted by Gasteiger charge is -2.01. The number of aromatic nitrogens is 1. The molecular formula is C11H12N2. The van der Waals surface area contributed by atoms with Gasteiger partial charge >= 0.3 is 0 Å². The van der Waals surface area contributed by atoms with Gasteiger partial charge in [0.15, 0.2) is 0 Å². The van der Waals surface area contributed by atoms with Crippen LogP contribution in [0.5, 0.6) is 0 Å². The molecule has 13 heavy (non-hydrogen) atoms. The molecule has 2 rings (SSSR count). The van der Waals surface area contributed by atoms with Crippen LogP contribution in [0.25, 0.3) is 11.1 Å². The van der Waals surface area contributed by atoms with E-state index in [-0.39, 0.29) is 0 Å². The maximum atomic E-state index is 3.09. The molecule has 2 N–H and O–H groups in total. The summed E-state index contributed by atoms with van der Waals surface area (Å²) in [5.41, 5.74) is 3.60. The Kier molecular flexibility index (Phi) is 2.04. The Hall–Kier alpha value is -1.70. The molecule has 0 aliphatic carbocycles. The van der Waals surface area contributed by atoms with Crippen LogP contribution in [0.2, 0.25) is 0 Å². The highest BCUT2D eigenvalue weighted by Gasteiger charge is 1.96. The number of H-pyrrole nitrogens is 1. The normalized spacial score (nSPS) is 9.92. The van der Waals surface area contributed by atoms with Crippen molar-refractivity contribution >= 4 is 5.69 Å². The lowest BCUT2D eigenvalue weighted by molar-refractivity contribution is 1.41. The summed E-state index contributed by atoms with van der Waals surface area (Å²) in [6.07, 6.45) is 3.93. The second-order valence-electron chi connectivity index (χ2n) is 2.93. The molecule has 0 aliphatic rings. The van der Waals surface area contributed by atoms with Crippen LogP contribution in [0.15, 0.2) is 42.7 Å². The van der Waals surface area contributed by atoms with Crippen LogP contribution in [0.3, 0.4) is 0 Å². The molecule has 0 fully saturated rings. The molecule has 1 heterocycles. The highest BCUT2D eigenvalue weighted by Crippen LogP contribution is 2.20. The molecule has 0 atom stereocenters. The second-order valence-corrected chi connectivity index (χ2v) is 2.93. The average Bonchev–Trinajstić information content (AvgIpc) is 2.71. The minimum Gasteiger partial charge on any atom is -0.388 e. The highest BCUT2D eigenvalue weighted by molar-refractivity contribution is 5.65. The minimum atomic E-state index is 1.14. The third-order valence-corrected chi connectivity index (χ3v) is 2.10. The number of hydrogen-bond acceptors (Lipinski definition) is 1. The summed E-state index contributed by atoms with van der Waals surface area (Å²) in [6.45, 7) is 0. The number of nitrogens with one attached hydrogen (secondary N) is 2. The van der Waals surface area contributed by atoms with E-state index in [0.29, 0.717) is 0 Å². The first-order chi connectivity index (χ1) is 6.40. The molecule has 0 amide bonds. The molecule has 2 aromatic rings. The van der Waals surface area contributed by atoms with Crippen molar-refractivity contribution in [1.29, 1.82) is 0 Å². The number of rotatable bonds is 2. The van der Waals surface area contributed by atoms with Crippen LogP contribution >= 0.6 is 0 Å². The van der Waals surface area contributed by atoms with Crippen LogP contribution < -0.4 is 5.32 Å². The molecule has 2 nitrogen and oxygen atoms in total. The Balaban J connectivity index is 2.33. The Labute approximate surface area is 77.6 Å². The predicted molar refractivity (Wildman–Crippen MR) is 55.8 cm³/mol. The van der Waals surface area contributed by atoms with Gasteiger partial charge in [-0.3, -0.25) is 0 Å². The van der Waals surface area contributed by atoms with Gasteiger partial charge in [-0.15, -0.1) is 0 Å². The first-order valence-corrected chi connectivity index (χ1v) is 4.31. The standard InChI is InChI=1S/C11H12N2/c1-12-11-4-2-9(3-5-11)10-6-7-13-8-10/h2-8,12-13H,1H3. The van der Waals surface area contributed by atoms with Gasteiger partial charge in [-0.1, -0.05) is 12.1 Å². The van der Waals surface area contributed by atoms with Crippen molar-refractivity contribution in [3.63, 3.8) is 0 Å². The van der Waals surface area contributed by atoms with Crippen molar-refractivity contribution in [1.82, 2.24) is 4.98 Å². The first kappa shape index (κ1) is 7.92. The summed E-state index contributed by atoms with van der Waals surface area (Å²) in [7, 11) is 1.92. The maximum absolute atomic E-state index is 3.09. The van der Waals surface area contributed by atoms with Crippen LogP contribution in [-0.4, -0.2) is 12.0 Å². The van der Waals surface area contributed by atoms with E-state index in [1.807, 2.05) is 19.4 Å². The van der Waals surface area contributed by atoms with Gasteiger partial charge in [-0.05, 0) is 29.3 Å². The smallest absolute Gasteiger partial charge is 0.0337 e. The van der Waals surface area contributed by atoms with E-state index < -0.39 is 0 Å². The molecule has 2 heteroatoms. The van der Waals surface area contributed by atoms with Crippen LogP contribution in [0.1, 0.15) is 0 Å².